The number of benzene rings is 3. The molecule has 0 aliphatic carbocycles. The molecule has 0 aromatic heterocycles. The molecule has 35 heavy (non-hydrogen) atoms. The molecule has 2 fully saturated rings. The lowest BCUT2D eigenvalue weighted by molar-refractivity contribution is -0.126. The van der Waals surface area contributed by atoms with Gasteiger partial charge in [0.25, 0.3) is 5.91 Å². The summed E-state index contributed by atoms with van der Waals surface area (Å²) >= 11 is 6.06. The normalized spacial score (nSPS) is 21.3. The highest BCUT2D eigenvalue weighted by Gasteiger charge is 2.60. The highest BCUT2D eigenvalue weighted by atomic mass is 35.5. The van der Waals surface area contributed by atoms with Crippen molar-refractivity contribution in [2.45, 2.75) is 12.1 Å². The molecule has 178 valence electrons. The number of hydroxylamine groups is 1. The maximum absolute atomic E-state index is 13.7. The predicted octanol–water partition coefficient (Wildman–Crippen LogP) is 4.19. The molecule has 0 spiro atoms. The minimum atomic E-state index is -1.01. The van der Waals surface area contributed by atoms with E-state index in [1.165, 1.54) is 19.2 Å². The minimum absolute atomic E-state index is 0.316. The van der Waals surface area contributed by atoms with Gasteiger partial charge in [0.1, 0.15) is 11.7 Å². The van der Waals surface area contributed by atoms with E-state index in [0.717, 1.165) is 10.5 Å². The van der Waals surface area contributed by atoms with Crippen LogP contribution in [0.25, 0.3) is 0 Å². The Bertz CT molecular complexity index is 1280. The molecule has 3 aromatic rings. The van der Waals surface area contributed by atoms with Crippen LogP contribution in [0.15, 0.2) is 72.8 Å². The second kappa shape index (κ2) is 9.05. The smallest absolute Gasteiger partial charge is 0.337 e. The van der Waals surface area contributed by atoms with Crippen molar-refractivity contribution in [3.8, 4) is 5.75 Å². The number of rotatable bonds is 5. The van der Waals surface area contributed by atoms with Crippen LogP contribution in [0.3, 0.4) is 0 Å². The third kappa shape index (κ3) is 3.90. The van der Waals surface area contributed by atoms with Crippen LogP contribution in [0, 0.1) is 5.92 Å². The number of methoxy groups -OCH3 is 2. The molecule has 2 amide bonds. The first-order valence-electron chi connectivity index (χ1n) is 10.8. The minimum Gasteiger partial charge on any atom is -0.497 e. The molecule has 3 atom stereocenters. The van der Waals surface area contributed by atoms with Gasteiger partial charge in [-0.25, -0.2) is 14.8 Å². The Balaban J connectivity index is 1.52. The first-order valence-corrected chi connectivity index (χ1v) is 11.2. The molecule has 8 nitrogen and oxygen atoms in total. The van der Waals surface area contributed by atoms with Crippen molar-refractivity contribution in [2.24, 2.45) is 5.92 Å². The second-order valence-electron chi connectivity index (χ2n) is 8.12. The lowest BCUT2D eigenvalue weighted by Crippen LogP contribution is -2.37. The van der Waals surface area contributed by atoms with E-state index in [9.17, 15) is 14.4 Å². The van der Waals surface area contributed by atoms with E-state index in [0.29, 0.717) is 27.7 Å². The average Bonchev–Trinajstić information content (AvgIpc) is 3.40. The Kier molecular flexibility index (Phi) is 5.92. The lowest BCUT2D eigenvalue weighted by Gasteiger charge is -2.29. The topological polar surface area (TPSA) is 85.4 Å². The molecule has 9 heteroatoms. The number of carbonyl (C=O) groups is 3. The van der Waals surface area contributed by atoms with Gasteiger partial charge in [-0.1, -0.05) is 23.7 Å². The first kappa shape index (κ1) is 22.9. The molecule has 0 unspecified atom stereocenters. The van der Waals surface area contributed by atoms with E-state index in [1.54, 1.807) is 60.7 Å². The van der Waals surface area contributed by atoms with Crippen molar-refractivity contribution in [1.29, 1.82) is 0 Å². The third-order valence-corrected chi connectivity index (χ3v) is 6.45. The number of halogens is 1. The number of carbonyl (C=O) groups excluding carboxylic acids is 3. The number of amides is 2. The van der Waals surface area contributed by atoms with Crippen LogP contribution in [0.2, 0.25) is 5.02 Å². The summed E-state index contributed by atoms with van der Waals surface area (Å²) in [5, 5.41) is 2.16. The van der Waals surface area contributed by atoms with Gasteiger partial charge in [-0.3, -0.25) is 14.4 Å². The molecule has 0 radical (unpaired) electrons. The zero-order valence-electron chi connectivity index (χ0n) is 18.9. The van der Waals surface area contributed by atoms with E-state index in [2.05, 4.69) is 0 Å². The number of imide groups is 1. The summed E-state index contributed by atoms with van der Waals surface area (Å²) in [6, 6.07) is 19.8. The van der Waals surface area contributed by atoms with Crippen molar-refractivity contribution in [1.82, 2.24) is 0 Å². The zero-order valence-corrected chi connectivity index (χ0v) is 19.6. The summed E-state index contributed by atoms with van der Waals surface area (Å²) in [5.41, 5.74) is 2.13. The summed E-state index contributed by atoms with van der Waals surface area (Å²) in [7, 11) is 2.86. The van der Waals surface area contributed by atoms with Crippen LogP contribution in [-0.4, -0.2) is 38.1 Å². The largest absolute Gasteiger partial charge is 0.497 e. The van der Waals surface area contributed by atoms with Crippen molar-refractivity contribution in [2.75, 3.05) is 24.2 Å². The summed E-state index contributed by atoms with van der Waals surface area (Å²) < 4.78 is 9.99. The highest BCUT2D eigenvalue weighted by molar-refractivity contribution is 6.30. The molecule has 2 aliphatic heterocycles. The van der Waals surface area contributed by atoms with Crippen molar-refractivity contribution in [3.63, 3.8) is 0 Å². The molecule has 0 bridgehead atoms. The van der Waals surface area contributed by atoms with Crippen molar-refractivity contribution < 1.29 is 28.7 Å². The fourth-order valence-corrected chi connectivity index (χ4v) is 4.61. The van der Waals surface area contributed by atoms with Gasteiger partial charge in [0.2, 0.25) is 5.91 Å². The van der Waals surface area contributed by atoms with Crippen molar-refractivity contribution in [3.05, 3.63) is 88.9 Å². The number of nitrogens with zero attached hydrogens (tertiary/aromatic N) is 2. The van der Waals surface area contributed by atoms with Gasteiger partial charge < -0.3 is 9.47 Å². The maximum Gasteiger partial charge on any atom is 0.337 e. The Hall–Kier alpha value is -3.88. The van der Waals surface area contributed by atoms with Crippen LogP contribution in [0.1, 0.15) is 22.0 Å². The van der Waals surface area contributed by atoms with Crippen LogP contribution < -0.4 is 14.7 Å². The third-order valence-electron chi connectivity index (χ3n) is 6.20. The standard InChI is InChI=1S/C26H21ClN2O6/c1-33-20-13-5-15(6-14-20)22-21-23(35-29(22)19-11-7-17(27)8-12-19)25(31)28(24(21)30)18-9-3-16(4-10-18)26(32)34-2/h3-14,21-23H,1-2H3/t21-,22-,23+/m0/s1. The molecule has 5 rings (SSSR count). The number of ether oxygens (including phenoxy) is 2. The van der Waals surface area contributed by atoms with Crippen LogP contribution in [0.4, 0.5) is 11.4 Å². The molecular weight excluding hydrogens is 472 g/mol. The summed E-state index contributed by atoms with van der Waals surface area (Å²) in [4.78, 5) is 46.1. The van der Waals surface area contributed by atoms with Gasteiger partial charge >= 0.3 is 5.97 Å². The average molecular weight is 493 g/mol. The van der Waals surface area contributed by atoms with Crippen LogP contribution in [-0.2, 0) is 19.2 Å². The number of hydrogen-bond acceptors (Lipinski definition) is 7. The SMILES string of the molecule is COC(=O)c1ccc(N2C(=O)[C@@H]3[C@@H](ON(c4ccc(Cl)cc4)[C@H]3c3ccc(OC)cc3)C2=O)cc1. The Morgan fingerprint density at radius 3 is 2.09 bits per heavy atom. The van der Waals surface area contributed by atoms with Gasteiger partial charge in [0.15, 0.2) is 6.10 Å². The van der Waals surface area contributed by atoms with E-state index >= 15 is 0 Å². The summed E-state index contributed by atoms with van der Waals surface area (Å²) in [6.45, 7) is 0. The lowest BCUT2D eigenvalue weighted by atomic mass is 9.90. The second-order valence-corrected chi connectivity index (χ2v) is 8.56. The van der Waals surface area contributed by atoms with E-state index in [1.807, 2.05) is 12.1 Å². The zero-order chi connectivity index (χ0) is 24.7. The first-order chi connectivity index (χ1) is 16.9. The van der Waals surface area contributed by atoms with E-state index in [-0.39, 0.29) is 5.91 Å². The van der Waals surface area contributed by atoms with E-state index in [4.69, 9.17) is 25.9 Å². The van der Waals surface area contributed by atoms with Crippen molar-refractivity contribution >= 4 is 40.8 Å². The molecular formula is C26H21ClN2O6. The van der Waals surface area contributed by atoms with Crippen LogP contribution >= 0.6 is 11.6 Å². The van der Waals surface area contributed by atoms with Gasteiger partial charge in [0, 0.05) is 5.02 Å². The van der Waals surface area contributed by atoms with Gasteiger partial charge in [-0.15, -0.1) is 0 Å². The maximum atomic E-state index is 13.7. The number of hydrogen-bond donors (Lipinski definition) is 0. The summed E-state index contributed by atoms with van der Waals surface area (Å²) in [5.74, 6) is -1.48. The number of fused-ring (bicyclic) bond motifs is 1. The van der Waals surface area contributed by atoms with Gasteiger partial charge in [0.05, 0.1) is 37.2 Å². The number of anilines is 2. The monoisotopic (exact) mass is 492 g/mol. The molecule has 2 aliphatic rings. The predicted molar refractivity (Wildman–Crippen MR) is 128 cm³/mol. The highest BCUT2D eigenvalue weighted by Crippen LogP contribution is 2.47. The van der Waals surface area contributed by atoms with Gasteiger partial charge in [-0.2, -0.15) is 0 Å². The molecule has 0 N–H and O–H groups in total. The number of esters is 1. The molecule has 2 saturated heterocycles. The summed E-state index contributed by atoms with van der Waals surface area (Å²) in [6.07, 6.45) is -1.01. The molecule has 2 heterocycles. The molecule has 3 aromatic carbocycles. The fraction of sp³-hybridized carbons (Fsp3) is 0.192. The van der Waals surface area contributed by atoms with E-state index < -0.39 is 29.9 Å². The van der Waals surface area contributed by atoms with Crippen LogP contribution in [0.5, 0.6) is 5.75 Å². The molecule has 0 saturated carbocycles. The Morgan fingerprint density at radius 1 is 0.857 bits per heavy atom. The fourth-order valence-electron chi connectivity index (χ4n) is 4.49. The Morgan fingerprint density at radius 2 is 1.49 bits per heavy atom. The quantitative estimate of drug-likeness (QED) is 0.390. The van der Waals surface area contributed by atoms with Gasteiger partial charge in [-0.05, 0) is 66.2 Å². The Labute approximate surface area is 206 Å².